The van der Waals surface area contributed by atoms with E-state index in [1.165, 1.54) is 0 Å². The Balaban J connectivity index is 2.35. The maximum Gasteiger partial charge on any atom is 0.233 e. The molecule has 0 heterocycles. The second-order valence-electron chi connectivity index (χ2n) is 3.94. The summed E-state index contributed by atoms with van der Waals surface area (Å²) in [5.41, 5.74) is 0.677. The van der Waals surface area contributed by atoms with Crippen LogP contribution in [0.5, 0.6) is 0 Å². The van der Waals surface area contributed by atoms with Gasteiger partial charge in [0.15, 0.2) is 0 Å². The van der Waals surface area contributed by atoms with Gasteiger partial charge in [-0.1, -0.05) is 35.3 Å². The van der Waals surface area contributed by atoms with Crippen molar-refractivity contribution in [3.05, 3.63) is 28.7 Å². The maximum atomic E-state index is 11.6. The van der Waals surface area contributed by atoms with Crippen LogP contribution in [0.4, 0.5) is 5.69 Å². The molecule has 0 fully saturated rings. The van der Waals surface area contributed by atoms with Crippen molar-refractivity contribution in [1.82, 2.24) is 5.32 Å². The Hall–Kier alpha value is -1.36. The normalized spacial score (nSPS) is 9.89. The number of halogens is 1. The van der Waals surface area contributed by atoms with Crippen LogP contribution in [0.2, 0.25) is 0 Å². The van der Waals surface area contributed by atoms with Crippen LogP contribution >= 0.6 is 15.9 Å². The Morgan fingerprint density at radius 3 is 2.72 bits per heavy atom. The van der Waals surface area contributed by atoms with Gasteiger partial charge in [0.05, 0.1) is 0 Å². The molecule has 1 aromatic rings. The second-order valence-corrected chi connectivity index (χ2v) is 4.85. The predicted octanol–water partition coefficient (Wildman–Crippen LogP) is 2.69. The van der Waals surface area contributed by atoms with Gasteiger partial charge in [0.2, 0.25) is 11.8 Å². The topological polar surface area (TPSA) is 58.2 Å². The van der Waals surface area contributed by atoms with Crippen LogP contribution in [0.3, 0.4) is 0 Å². The predicted molar refractivity (Wildman–Crippen MR) is 75.3 cm³/mol. The highest BCUT2D eigenvalue weighted by Crippen LogP contribution is 2.15. The molecule has 0 atom stereocenters. The second kappa shape index (κ2) is 7.87. The average molecular weight is 313 g/mol. The quantitative estimate of drug-likeness (QED) is 0.627. The van der Waals surface area contributed by atoms with E-state index in [1.54, 1.807) is 12.1 Å². The van der Waals surface area contributed by atoms with Gasteiger partial charge in [-0.05, 0) is 24.6 Å². The lowest BCUT2D eigenvalue weighted by atomic mass is 10.3. The molecule has 98 valence electrons. The van der Waals surface area contributed by atoms with Crippen LogP contribution in [0.25, 0.3) is 0 Å². The van der Waals surface area contributed by atoms with E-state index in [1.807, 2.05) is 19.1 Å². The van der Waals surface area contributed by atoms with Gasteiger partial charge in [-0.3, -0.25) is 9.59 Å². The third-order valence-electron chi connectivity index (χ3n) is 2.28. The van der Waals surface area contributed by atoms with E-state index in [0.717, 1.165) is 17.3 Å². The fourth-order valence-electron chi connectivity index (χ4n) is 1.38. The van der Waals surface area contributed by atoms with Crippen molar-refractivity contribution in [3.8, 4) is 0 Å². The van der Waals surface area contributed by atoms with Gasteiger partial charge in [0.1, 0.15) is 6.42 Å². The number of hydrogen-bond acceptors (Lipinski definition) is 2. The molecule has 2 amide bonds. The smallest absolute Gasteiger partial charge is 0.233 e. The van der Waals surface area contributed by atoms with Gasteiger partial charge in [0, 0.05) is 16.7 Å². The highest BCUT2D eigenvalue weighted by atomic mass is 79.9. The van der Waals surface area contributed by atoms with Crippen LogP contribution in [-0.2, 0) is 9.59 Å². The number of nitrogens with one attached hydrogen (secondary N) is 2. The summed E-state index contributed by atoms with van der Waals surface area (Å²) in [5.74, 6) is -0.543. The first-order chi connectivity index (χ1) is 8.61. The molecule has 5 heteroatoms. The van der Waals surface area contributed by atoms with E-state index in [2.05, 4.69) is 26.6 Å². The van der Waals surface area contributed by atoms with Crippen molar-refractivity contribution < 1.29 is 9.59 Å². The molecule has 0 aliphatic heterocycles. The highest BCUT2D eigenvalue weighted by molar-refractivity contribution is 9.10. The molecule has 0 unspecified atom stereocenters. The van der Waals surface area contributed by atoms with Crippen molar-refractivity contribution in [2.75, 3.05) is 11.9 Å². The molecule has 18 heavy (non-hydrogen) atoms. The molecule has 0 aromatic heterocycles. The van der Waals surface area contributed by atoms with Crippen LogP contribution in [-0.4, -0.2) is 18.4 Å². The zero-order valence-electron chi connectivity index (χ0n) is 10.3. The standard InChI is InChI=1S/C13H17BrN2O2/c1-2-3-7-15-12(17)9-13(18)16-11-6-4-5-10(14)8-11/h4-6,8H,2-3,7,9H2,1H3,(H,15,17)(H,16,18). The number of hydrogen-bond donors (Lipinski definition) is 2. The maximum absolute atomic E-state index is 11.6. The molecule has 1 aromatic carbocycles. The molecule has 0 bridgehead atoms. The van der Waals surface area contributed by atoms with Crippen LogP contribution in [0.15, 0.2) is 28.7 Å². The van der Waals surface area contributed by atoms with E-state index in [4.69, 9.17) is 0 Å². The molecular formula is C13H17BrN2O2. The molecule has 0 aliphatic carbocycles. The minimum atomic E-state index is -0.304. The number of benzene rings is 1. The summed E-state index contributed by atoms with van der Waals surface area (Å²) >= 11 is 3.31. The van der Waals surface area contributed by atoms with E-state index in [0.29, 0.717) is 12.2 Å². The number of amides is 2. The van der Waals surface area contributed by atoms with E-state index < -0.39 is 0 Å². The fourth-order valence-corrected chi connectivity index (χ4v) is 1.78. The van der Waals surface area contributed by atoms with Crippen molar-refractivity contribution in [2.45, 2.75) is 26.2 Å². The van der Waals surface area contributed by atoms with E-state index >= 15 is 0 Å². The molecule has 2 N–H and O–H groups in total. The molecule has 4 nitrogen and oxygen atoms in total. The molecule has 0 radical (unpaired) electrons. The first kappa shape index (κ1) is 14.7. The van der Waals surface area contributed by atoms with Crippen LogP contribution in [0, 0.1) is 0 Å². The van der Waals surface area contributed by atoms with Crippen LogP contribution in [0.1, 0.15) is 26.2 Å². The van der Waals surface area contributed by atoms with E-state index in [9.17, 15) is 9.59 Å². The Kier molecular flexibility index (Phi) is 6.43. The number of rotatable bonds is 6. The lowest BCUT2D eigenvalue weighted by molar-refractivity contribution is -0.126. The molecular weight excluding hydrogens is 296 g/mol. The van der Waals surface area contributed by atoms with Gasteiger partial charge < -0.3 is 10.6 Å². The van der Waals surface area contributed by atoms with Crippen molar-refractivity contribution in [2.24, 2.45) is 0 Å². The van der Waals surface area contributed by atoms with Gasteiger partial charge in [-0.25, -0.2) is 0 Å². The molecule has 0 saturated carbocycles. The van der Waals surface area contributed by atoms with Crippen molar-refractivity contribution in [1.29, 1.82) is 0 Å². The zero-order chi connectivity index (χ0) is 13.4. The monoisotopic (exact) mass is 312 g/mol. The number of unbranched alkanes of at least 4 members (excludes halogenated alkanes) is 1. The summed E-state index contributed by atoms with van der Waals surface area (Å²) in [6.45, 7) is 2.67. The van der Waals surface area contributed by atoms with Gasteiger partial charge in [-0.15, -0.1) is 0 Å². The third kappa shape index (κ3) is 5.82. The third-order valence-corrected chi connectivity index (χ3v) is 2.78. The summed E-state index contributed by atoms with van der Waals surface area (Å²) in [7, 11) is 0. The molecule has 0 spiro atoms. The van der Waals surface area contributed by atoms with E-state index in [-0.39, 0.29) is 18.2 Å². The highest BCUT2D eigenvalue weighted by Gasteiger charge is 2.08. The van der Waals surface area contributed by atoms with Gasteiger partial charge in [-0.2, -0.15) is 0 Å². The Bertz CT molecular complexity index is 421. The minimum absolute atomic E-state index is 0.143. The number of carbonyl (C=O) groups is 2. The lowest BCUT2D eigenvalue weighted by Crippen LogP contribution is -2.28. The molecule has 0 aliphatic rings. The largest absolute Gasteiger partial charge is 0.356 e. The average Bonchev–Trinajstić information content (AvgIpc) is 2.29. The fraction of sp³-hybridized carbons (Fsp3) is 0.385. The first-order valence-corrected chi connectivity index (χ1v) is 6.73. The minimum Gasteiger partial charge on any atom is -0.356 e. The summed E-state index contributed by atoms with van der Waals surface area (Å²) in [6, 6.07) is 7.25. The van der Waals surface area contributed by atoms with Crippen molar-refractivity contribution in [3.63, 3.8) is 0 Å². The molecule has 0 saturated heterocycles. The SMILES string of the molecule is CCCCNC(=O)CC(=O)Nc1cccc(Br)c1. The molecule has 1 rings (SSSR count). The number of anilines is 1. The van der Waals surface area contributed by atoms with Gasteiger partial charge >= 0.3 is 0 Å². The summed E-state index contributed by atoms with van der Waals surface area (Å²) in [5, 5.41) is 5.38. The van der Waals surface area contributed by atoms with Crippen molar-refractivity contribution >= 4 is 33.4 Å². The Labute approximate surface area is 115 Å². The number of carbonyl (C=O) groups excluding carboxylic acids is 2. The summed E-state index contributed by atoms with van der Waals surface area (Å²) in [4.78, 5) is 23.0. The van der Waals surface area contributed by atoms with Gasteiger partial charge in [0.25, 0.3) is 0 Å². The first-order valence-electron chi connectivity index (χ1n) is 5.94. The Morgan fingerprint density at radius 1 is 1.28 bits per heavy atom. The Morgan fingerprint density at radius 2 is 2.06 bits per heavy atom. The zero-order valence-corrected chi connectivity index (χ0v) is 11.9. The van der Waals surface area contributed by atoms with Crippen LogP contribution < -0.4 is 10.6 Å². The summed E-state index contributed by atoms with van der Waals surface area (Å²) in [6.07, 6.45) is 1.81. The summed E-state index contributed by atoms with van der Waals surface area (Å²) < 4.78 is 0.882. The lowest BCUT2D eigenvalue weighted by Gasteiger charge is -2.06.